The van der Waals surface area contributed by atoms with Crippen LogP contribution in [0.15, 0.2) is 57.2 Å². The zero-order valence-electron chi connectivity index (χ0n) is 19.1. The lowest BCUT2D eigenvalue weighted by Gasteiger charge is -2.15. The van der Waals surface area contributed by atoms with E-state index in [1.807, 2.05) is 0 Å². The number of ether oxygens (including phenoxy) is 1. The molecular weight excluding hydrogens is 529 g/mol. The third-order valence-electron chi connectivity index (χ3n) is 5.18. The smallest absolute Gasteiger partial charge is 0.329 e. The van der Waals surface area contributed by atoms with Gasteiger partial charge in [-0.15, -0.1) is 0 Å². The van der Waals surface area contributed by atoms with E-state index >= 15 is 0 Å². The van der Waals surface area contributed by atoms with Crippen LogP contribution in [0.25, 0.3) is 11.2 Å². The minimum absolute atomic E-state index is 0.0127. The summed E-state index contributed by atoms with van der Waals surface area (Å²) in [6, 6.07) is 10.4. The van der Waals surface area contributed by atoms with E-state index in [-0.39, 0.29) is 41.0 Å². The van der Waals surface area contributed by atoms with Gasteiger partial charge in [-0.3, -0.25) is 24.5 Å². The van der Waals surface area contributed by atoms with E-state index in [0.29, 0.717) is 16.3 Å². The molecule has 4 aromatic rings. The van der Waals surface area contributed by atoms with Crippen molar-refractivity contribution in [3.63, 3.8) is 0 Å². The number of nitrogens with zero attached hydrogens (tertiary/aromatic N) is 5. The number of H-pyrrole nitrogens is 1. The number of hydrogen-bond donors (Lipinski definition) is 3. The van der Waals surface area contributed by atoms with Crippen molar-refractivity contribution in [2.45, 2.75) is 12.6 Å². The van der Waals surface area contributed by atoms with Crippen LogP contribution in [0.5, 0.6) is 5.75 Å². The Morgan fingerprint density at radius 1 is 1.30 bits per heavy atom. The van der Waals surface area contributed by atoms with Crippen molar-refractivity contribution >= 4 is 52.2 Å². The first-order chi connectivity index (χ1) is 17.6. The molecule has 0 amide bonds. The fourth-order valence-electron chi connectivity index (χ4n) is 3.42. The van der Waals surface area contributed by atoms with Crippen LogP contribution < -0.4 is 21.4 Å². The number of nitro benzene ring substituents is 1. The molecular formula is C22H19Cl2N7O6. The van der Waals surface area contributed by atoms with E-state index < -0.39 is 22.3 Å². The van der Waals surface area contributed by atoms with E-state index in [0.717, 1.165) is 4.57 Å². The molecule has 2 aromatic heterocycles. The monoisotopic (exact) mass is 547 g/mol. The summed E-state index contributed by atoms with van der Waals surface area (Å²) in [5, 5.41) is 26.4. The number of anilines is 1. The molecule has 0 aliphatic rings. The molecule has 0 aliphatic carbocycles. The van der Waals surface area contributed by atoms with E-state index in [2.05, 4.69) is 20.5 Å². The number of halogens is 2. The maximum absolute atomic E-state index is 12.6. The Morgan fingerprint density at radius 3 is 2.81 bits per heavy atom. The highest BCUT2D eigenvalue weighted by Crippen LogP contribution is 2.27. The SMILES string of the molecule is Cn1c(=O)[nH]c(=O)c2c1nc(NN=Cc1cccc([N+](=O)[O-])c1)n2C[C@@H](O)COc1ccc(Cl)cc1Cl. The summed E-state index contributed by atoms with van der Waals surface area (Å²) < 4.78 is 8.06. The Morgan fingerprint density at radius 2 is 2.08 bits per heavy atom. The van der Waals surface area contributed by atoms with E-state index in [1.54, 1.807) is 18.2 Å². The second kappa shape index (κ2) is 10.8. The highest BCUT2D eigenvalue weighted by molar-refractivity contribution is 6.35. The van der Waals surface area contributed by atoms with Crippen LogP contribution in [-0.4, -0.2) is 48.1 Å². The van der Waals surface area contributed by atoms with E-state index in [9.17, 15) is 24.8 Å². The maximum atomic E-state index is 12.6. The van der Waals surface area contributed by atoms with Crippen LogP contribution >= 0.6 is 23.2 Å². The molecule has 0 fully saturated rings. The van der Waals surface area contributed by atoms with Gasteiger partial charge in [-0.25, -0.2) is 10.2 Å². The summed E-state index contributed by atoms with van der Waals surface area (Å²) in [5.41, 5.74) is 1.67. The second-order valence-corrected chi connectivity index (χ2v) is 8.64. The number of aromatic amines is 1. The first-order valence-electron chi connectivity index (χ1n) is 10.6. The van der Waals surface area contributed by atoms with Crippen molar-refractivity contribution < 1.29 is 14.8 Å². The third-order valence-corrected chi connectivity index (χ3v) is 5.72. The topological polar surface area (TPSA) is 170 Å². The Kier molecular flexibility index (Phi) is 7.57. The number of benzene rings is 2. The lowest BCUT2D eigenvalue weighted by atomic mass is 10.2. The molecule has 0 saturated heterocycles. The quantitative estimate of drug-likeness (QED) is 0.163. The van der Waals surface area contributed by atoms with Crippen LogP contribution in [0, 0.1) is 10.1 Å². The number of hydrogen-bond acceptors (Lipinski definition) is 9. The molecule has 0 bridgehead atoms. The van der Waals surface area contributed by atoms with Crippen molar-refractivity contribution in [3.05, 3.63) is 89.0 Å². The largest absolute Gasteiger partial charge is 0.489 e. The predicted molar refractivity (Wildman–Crippen MR) is 138 cm³/mol. The van der Waals surface area contributed by atoms with E-state index in [1.165, 1.54) is 42.1 Å². The maximum Gasteiger partial charge on any atom is 0.329 e. The van der Waals surface area contributed by atoms with Gasteiger partial charge in [0.05, 0.1) is 22.7 Å². The van der Waals surface area contributed by atoms with Gasteiger partial charge in [-0.2, -0.15) is 10.1 Å². The number of aliphatic hydroxyl groups is 1. The van der Waals surface area contributed by atoms with Gasteiger partial charge in [0.15, 0.2) is 11.2 Å². The predicted octanol–water partition coefficient (Wildman–Crippen LogP) is 2.52. The van der Waals surface area contributed by atoms with Gasteiger partial charge in [0.1, 0.15) is 18.5 Å². The van der Waals surface area contributed by atoms with Crippen LogP contribution in [-0.2, 0) is 13.6 Å². The first-order valence-corrected chi connectivity index (χ1v) is 11.4. The van der Waals surface area contributed by atoms with Crippen molar-refractivity contribution in [3.8, 4) is 5.75 Å². The Labute approximate surface area is 217 Å². The van der Waals surface area contributed by atoms with Gasteiger partial charge >= 0.3 is 5.69 Å². The molecule has 0 aliphatic heterocycles. The Hall–Kier alpha value is -4.20. The molecule has 2 heterocycles. The Bertz CT molecular complexity index is 1630. The minimum atomic E-state index is -1.14. The number of aryl methyl sites for hydroxylation is 1. The fourth-order valence-corrected chi connectivity index (χ4v) is 3.89. The summed E-state index contributed by atoms with van der Waals surface area (Å²) in [6.45, 7) is -0.362. The van der Waals surface area contributed by atoms with Crippen molar-refractivity contribution in [2.24, 2.45) is 12.1 Å². The summed E-state index contributed by atoms with van der Waals surface area (Å²) in [6.07, 6.45) is 0.184. The second-order valence-electron chi connectivity index (χ2n) is 7.80. The summed E-state index contributed by atoms with van der Waals surface area (Å²) >= 11 is 12.0. The summed E-state index contributed by atoms with van der Waals surface area (Å²) in [5.74, 6) is 0.340. The zero-order chi connectivity index (χ0) is 26.7. The zero-order valence-corrected chi connectivity index (χ0v) is 20.6. The first kappa shape index (κ1) is 25.9. The summed E-state index contributed by atoms with van der Waals surface area (Å²) in [7, 11) is 1.43. The highest BCUT2D eigenvalue weighted by atomic mass is 35.5. The van der Waals surface area contributed by atoms with Crippen molar-refractivity contribution in [1.82, 2.24) is 19.1 Å². The number of aliphatic hydroxyl groups excluding tert-OH is 1. The van der Waals surface area contributed by atoms with Gasteiger partial charge in [0, 0.05) is 29.8 Å². The van der Waals surface area contributed by atoms with Crippen LogP contribution in [0.2, 0.25) is 10.0 Å². The van der Waals surface area contributed by atoms with Crippen molar-refractivity contribution in [1.29, 1.82) is 0 Å². The average molecular weight is 548 g/mol. The van der Waals surface area contributed by atoms with Crippen LogP contribution in [0.4, 0.5) is 11.6 Å². The molecule has 0 radical (unpaired) electrons. The van der Waals surface area contributed by atoms with E-state index in [4.69, 9.17) is 27.9 Å². The molecule has 4 rings (SSSR count). The number of hydrazone groups is 1. The normalized spacial score (nSPS) is 12.2. The molecule has 2 aromatic carbocycles. The number of nitro groups is 1. The summed E-state index contributed by atoms with van der Waals surface area (Å²) in [4.78, 5) is 41.6. The van der Waals surface area contributed by atoms with Gasteiger partial charge < -0.3 is 14.4 Å². The Balaban J connectivity index is 1.62. The third kappa shape index (κ3) is 5.80. The number of nitrogens with one attached hydrogen (secondary N) is 2. The lowest BCUT2D eigenvalue weighted by molar-refractivity contribution is -0.384. The minimum Gasteiger partial charge on any atom is -0.489 e. The molecule has 0 saturated carbocycles. The molecule has 15 heteroatoms. The van der Waals surface area contributed by atoms with Gasteiger partial charge in [0.25, 0.3) is 11.2 Å². The molecule has 0 unspecified atom stereocenters. The van der Waals surface area contributed by atoms with Gasteiger partial charge in [0.2, 0.25) is 5.95 Å². The number of non-ortho nitro benzene ring substituents is 1. The van der Waals surface area contributed by atoms with Crippen LogP contribution in [0.3, 0.4) is 0 Å². The molecule has 0 spiro atoms. The molecule has 1 atom stereocenters. The lowest BCUT2D eigenvalue weighted by Crippen LogP contribution is -2.30. The molecule has 192 valence electrons. The number of imidazole rings is 1. The fraction of sp³-hybridized carbons (Fsp3) is 0.182. The molecule has 13 nitrogen and oxygen atoms in total. The number of aromatic nitrogens is 4. The standard InChI is InChI=1S/C22H19Cl2N7O6/c1-29-19-18(20(33)27-22(29)34)30(10-15(32)11-37-17-6-5-13(23)8-16(17)24)21(26-19)28-25-9-12-3-2-4-14(7-12)31(35)36/h2-9,15,32H,10-11H2,1H3,(H,26,28)(H,27,33,34)/t15-/m1/s1. The average Bonchev–Trinajstić information content (AvgIpc) is 3.21. The van der Waals surface area contributed by atoms with Gasteiger partial charge in [-0.05, 0) is 18.2 Å². The number of rotatable bonds is 9. The van der Waals surface area contributed by atoms with Crippen molar-refractivity contribution in [2.75, 3.05) is 12.0 Å². The van der Waals surface area contributed by atoms with Gasteiger partial charge in [-0.1, -0.05) is 35.3 Å². The number of fused-ring (bicyclic) bond motifs is 1. The van der Waals surface area contributed by atoms with Crippen LogP contribution in [0.1, 0.15) is 5.56 Å². The highest BCUT2D eigenvalue weighted by Gasteiger charge is 2.20. The molecule has 3 N–H and O–H groups in total. The molecule has 37 heavy (non-hydrogen) atoms.